The summed E-state index contributed by atoms with van der Waals surface area (Å²) in [4.78, 5) is 26.6. The number of halogens is 1. The fraction of sp³-hybridized carbons (Fsp3) is 0.263. The highest BCUT2D eigenvalue weighted by molar-refractivity contribution is 9.10. The first-order chi connectivity index (χ1) is 12.5. The topological polar surface area (TPSA) is 67.9 Å². The van der Waals surface area contributed by atoms with Gasteiger partial charge in [0, 0.05) is 29.2 Å². The van der Waals surface area contributed by atoms with Crippen molar-refractivity contribution in [2.75, 3.05) is 31.0 Å². The van der Waals surface area contributed by atoms with Crippen LogP contribution in [0.2, 0.25) is 0 Å². The van der Waals surface area contributed by atoms with Gasteiger partial charge in [0.2, 0.25) is 11.8 Å². The zero-order valence-corrected chi connectivity index (χ0v) is 16.1. The number of carbonyl (C=O) groups excluding carboxylic acids is 2. The number of ether oxygens (including phenoxy) is 2. The van der Waals surface area contributed by atoms with Gasteiger partial charge >= 0.3 is 0 Å². The van der Waals surface area contributed by atoms with E-state index in [9.17, 15) is 9.59 Å². The van der Waals surface area contributed by atoms with Gasteiger partial charge in [-0.1, -0.05) is 15.9 Å². The predicted molar refractivity (Wildman–Crippen MR) is 103 cm³/mol. The van der Waals surface area contributed by atoms with Gasteiger partial charge in [0.05, 0.1) is 25.8 Å². The van der Waals surface area contributed by atoms with E-state index >= 15 is 0 Å². The Morgan fingerprint density at radius 1 is 1.15 bits per heavy atom. The Hall–Kier alpha value is -2.54. The minimum atomic E-state index is -0.419. The van der Waals surface area contributed by atoms with E-state index in [0.29, 0.717) is 29.4 Å². The molecule has 2 aromatic carbocycles. The molecule has 1 heterocycles. The summed E-state index contributed by atoms with van der Waals surface area (Å²) in [5.41, 5.74) is 1.34. The van der Waals surface area contributed by atoms with Crippen molar-refractivity contribution in [3.05, 3.63) is 46.9 Å². The molecular weight excluding hydrogens is 400 g/mol. The molecule has 2 amide bonds. The summed E-state index contributed by atoms with van der Waals surface area (Å²) in [6.07, 6.45) is 0.164. The Morgan fingerprint density at radius 3 is 2.54 bits per heavy atom. The first-order valence-electron chi connectivity index (χ1n) is 8.10. The van der Waals surface area contributed by atoms with Crippen LogP contribution in [0.4, 0.5) is 11.4 Å². The number of nitrogens with zero attached hydrogens (tertiary/aromatic N) is 1. The maximum Gasteiger partial charge on any atom is 0.229 e. The van der Waals surface area contributed by atoms with Crippen LogP contribution < -0.4 is 19.7 Å². The average molecular weight is 419 g/mol. The molecule has 0 bridgehead atoms. The smallest absolute Gasteiger partial charge is 0.229 e. The molecule has 26 heavy (non-hydrogen) atoms. The van der Waals surface area contributed by atoms with Crippen molar-refractivity contribution in [1.82, 2.24) is 0 Å². The van der Waals surface area contributed by atoms with Crippen LogP contribution in [0.1, 0.15) is 6.42 Å². The largest absolute Gasteiger partial charge is 0.497 e. The van der Waals surface area contributed by atoms with Gasteiger partial charge in [-0.15, -0.1) is 0 Å². The van der Waals surface area contributed by atoms with Crippen molar-refractivity contribution in [3.8, 4) is 11.5 Å². The lowest BCUT2D eigenvalue weighted by Gasteiger charge is -2.20. The number of hydrogen-bond acceptors (Lipinski definition) is 4. The quantitative estimate of drug-likeness (QED) is 0.806. The van der Waals surface area contributed by atoms with Crippen LogP contribution in [-0.4, -0.2) is 32.6 Å². The van der Waals surface area contributed by atoms with Crippen LogP contribution in [0.3, 0.4) is 0 Å². The highest BCUT2D eigenvalue weighted by Gasteiger charge is 2.36. The standard InChI is InChI=1S/C19H19BrN2O4/c1-25-15-7-8-16(17(10-15)26-2)22-11-12(9-18(22)23)19(24)21-14-5-3-13(20)4-6-14/h3-8,10,12H,9,11H2,1-2H3,(H,21,24)/t12-/m0/s1. The summed E-state index contributed by atoms with van der Waals surface area (Å²) in [6, 6.07) is 12.6. The second kappa shape index (κ2) is 7.78. The van der Waals surface area contributed by atoms with Crippen molar-refractivity contribution in [1.29, 1.82) is 0 Å². The molecule has 1 aliphatic heterocycles. The molecule has 136 valence electrons. The third kappa shape index (κ3) is 3.83. The van der Waals surface area contributed by atoms with Crippen LogP contribution in [0, 0.1) is 5.92 Å². The summed E-state index contributed by atoms with van der Waals surface area (Å²) in [5, 5.41) is 2.86. The van der Waals surface area contributed by atoms with Gasteiger partial charge in [0.25, 0.3) is 0 Å². The Balaban J connectivity index is 1.74. The zero-order chi connectivity index (χ0) is 18.7. The Labute approximate surface area is 160 Å². The molecule has 7 heteroatoms. The third-order valence-electron chi connectivity index (χ3n) is 4.29. The van der Waals surface area contributed by atoms with Crippen LogP contribution in [0.5, 0.6) is 11.5 Å². The minimum absolute atomic E-state index is 0.107. The van der Waals surface area contributed by atoms with Crippen molar-refractivity contribution in [3.63, 3.8) is 0 Å². The number of rotatable bonds is 5. The van der Waals surface area contributed by atoms with E-state index in [2.05, 4.69) is 21.2 Å². The third-order valence-corrected chi connectivity index (χ3v) is 4.81. The molecule has 0 radical (unpaired) electrons. The number of anilines is 2. The van der Waals surface area contributed by atoms with E-state index in [1.54, 1.807) is 30.2 Å². The minimum Gasteiger partial charge on any atom is -0.497 e. The van der Waals surface area contributed by atoms with E-state index in [1.807, 2.05) is 24.3 Å². The molecule has 0 spiro atoms. The zero-order valence-electron chi connectivity index (χ0n) is 14.5. The van der Waals surface area contributed by atoms with E-state index in [-0.39, 0.29) is 18.2 Å². The maximum absolute atomic E-state index is 12.5. The van der Waals surface area contributed by atoms with Crippen molar-refractivity contribution < 1.29 is 19.1 Å². The second-order valence-electron chi connectivity index (χ2n) is 5.94. The number of benzene rings is 2. The number of hydrogen-bond donors (Lipinski definition) is 1. The van der Waals surface area contributed by atoms with E-state index in [1.165, 1.54) is 7.11 Å². The summed E-state index contributed by atoms with van der Waals surface area (Å²) in [6.45, 7) is 0.309. The molecular formula is C19H19BrN2O4. The van der Waals surface area contributed by atoms with Crippen molar-refractivity contribution in [2.45, 2.75) is 6.42 Å². The van der Waals surface area contributed by atoms with Gasteiger partial charge in [0.15, 0.2) is 0 Å². The fourth-order valence-electron chi connectivity index (χ4n) is 2.90. The Kier molecular flexibility index (Phi) is 5.46. The molecule has 1 fully saturated rings. The second-order valence-corrected chi connectivity index (χ2v) is 6.85. The Bertz CT molecular complexity index is 823. The van der Waals surface area contributed by atoms with Gasteiger partial charge in [-0.05, 0) is 36.4 Å². The average Bonchev–Trinajstić information content (AvgIpc) is 3.04. The molecule has 3 rings (SSSR count). The molecule has 1 atom stereocenters. The van der Waals surface area contributed by atoms with Gasteiger partial charge in [-0.3, -0.25) is 9.59 Å². The summed E-state index contributed by atoms with van der Waals surface area (Å²) >= 11 is 3.36. The number of nitrogens with one attached hydrogen (secondary N) is 1. The molecule has 0 saturated carbocycles. The molecule has 2 aromatic rings. The van der Waals surface area contributed by atoms with E-state index in [4.69, 9.17) is 9.47 Å². The molecule has 0 aromatic heterocycles. The van der Waals surface area contributed by atoms with E-state index in [0.717, 1.165) is 4.47 Å². The van der Waals surface area contributed by atoms with Crippen molar-refractivity contribution in [2.24, 2.45) is 5.92 Å². The van der Waals surface area contributed by atoms with Crippen LogP contribution in [0.15, 0.2) is 46.9 Å². The maximum atomic E-state index is 12.5. The Morgan fingerprint density at radius 2 is 1.88 bits per heavy atom. The summed E-state index contributed by atoms with van der Waals surface area (Å²) in [7, 11) is 3.11. The molecule has 0 unspecified atom stereocenters. The molecule has 1 aliphatic rings. The van der Waals surface area contributed by atoms with Gasteiger partial charge in [-0.25, -0.2) is 0 Å². The number of methoxy groups -OCH3 is 2. The van der Waals surface area contributed by atoms with Gasteiger partial charge < -0.3 is 19.7 Å². The highest BCUT2D eigenvalue weighted by Crippen LogP contribution is 2.36. The molecule has 1 N–H and O–H groups in total. The molecule has 1 saturated heterocycles. The number of carbonyl (C=O) groups is 2. The molecule has 6 nitrogen and oxygen atoms in total. The van der Waals surface area contributed by atoms with Gasteiger partial charge in [0.1, 0.15) is 11.5 Å². The molecule has 0 aliphatic carbocycles. The highest BCUT2D eigenvalue weighted by atomic mass is 79.9. The van der Waals surface area contributed by atoms with Crippen LogP contribution in [-0.2, 0) is 9.59 Å². The van der Waals surface area contributed by atoms with Gasteiger partial charge in [-0.2, -0.15) is 0 Å². The summed E-state index contributed by atoms with van der Waals surface area (Å²) in [5.74, 6) is 0.478. The normalized spacial score (nSPS) is 16.5. The summed E-state index contributed by atoms with van der Waals surface area (Å²) < 4.78 is 11.5. The lowest BCUT2D eigenvalue weighted by Crippen LogP contribution is -2.28. The predicted octanol–water partition coefficient (Wildman–Crippen LogP) is 3.46. The van der Waals surface area contributed by atoms with Crippen molar-refractivity contribution >= 4 is 39.1 Å². The monoisotopic (exact) mass is 418 g/mol. The SMILES string of the molecule is COc1ccc(N2C[C@@H](C(=O)Nc3ccc(Br)cc3)CC2=O)c(OC)c1. The van der Waals surface area contributed by atoms with E-state index < -0.39 is 5.92 Å². The lowest BCUT2D eigenvalue weighted by atomic mass is 10.1. The lowest BCUT2D eigenvalue weighted by molar-refractivity contribution is -0.122. The first kappa shape index (κ1) is 18.3. The first-order valence-corrected chi connectivity index (χ1v) is 8.90. The fourth-order valence-corrected chi connectivity index (χ4v) is 3.17. The van der Waals surface area contributed by atoms with Crippen LogP contribution >= 0.6 is 15.9 Å². The van der Waals surface area contributed by atoms with Crippen LogP contribution in [0.25, 0.3) is 0 Å². The number of amides is 2.